The molecule has 0 aliphatic rings. The Morgan fingerprint density at radius 1 is 1.31 bits per heavy atom. The van der Waals surface area contributed by atoms with Gasteiger partial charge in [-0.3, -0.25) is 0 Å². The SMILES string of the molecule is CNCc1oc(=O)oc1C(C)(C)C. The van der Waals surface area contributed by atoms with E-state index in [1.165, 1.54) is 0 Å². The van der Waals surface area contributed by atoms with E-state index < -0.39 is 5.82 Å². The van der Waals surface area contributed by atoms with E-state index in [-0.39, 0.29) is 5.41 Å². The molecular formula is C9H15NO3. The van der Waals surface area contributed by atoms with Crippen molar-refractivity contribution in [3.05, 3.63) is 22.1 Å². The van der Waals surface area contributed by atoms with Crippen LogP contribution in [0.3, 0.4) is 0 Å². The minimum absolute atomic E-state index is 0.196. The quantitative estimate of drug-likeness (QED) is 0.753. The van der Waals surface area contributed by atoms with E-state index in [0.717, 1.165) is 0 Å². The fraction of sp³-hybridized carbons (Fsp3) is 0.667. The zero-order valence-electron chi connectivity index (χ0n) is 8.43. The fourth-order valence-electron chi connectivity index (χ4n) is 1.16. The Hall–Kier alpha value is -1.03. The first-order chi connectivity index (χ1) is 5.95. The Labute approximate surface area is 76.9 Å². The summed E-state index contributed by atoms with van der Waals surface area (Å²) in [7, 11) is 1.79. The van der Waals surface area contributed by atoms with Crippen LogP contribution in [0.2, 0.25) is 0 Å². The second-order valence-electron chi connectivity index (χ2n) is 3.99. The molecule has 13 heavy (non-hydrogen) atoms. The van der Waals surface area contributed by atoms with Crippen LogP contribution >= 0.6 is 0 Å². The predicted molar refractivity (Wildman–Crippen MR) is 48.7 cm³/mol. The van der Waals surface area contributed by atoms with Crippen molar-refractivity contribution in [1.82, 2.24) is 5.32 Å². The van der Waals surface area contributed by atoms with Crippen LogP contribution in [0.25, 0.3) is 0 Å². The normalized spacial score (nSPS) is 12.0. The first-order valence-corrected chi connectivity index (χ1v) is 4.23. The van der Waals surface area contributed by atoms with Crippen LogP contribution in [0.5, 0.6) is 0 Å². The van der Waals surface area contributed by atoms with Crippen LogP contribution < -0.4 is 11.1 Å². The molecule has 1 aromatic rings. The van der Waals surface area contributed by atoms with Crippen molar-refractivity contribution in [3.8, 4) is 0 Å². The van der Waals surface area contributed by atoms with E-state index in [0.29, 0.717) is 18.1 Å². The van der Waals surface area contributed by atoms with Gasteiger partial charge in [0, 0.05) is 5.41 Å². The van der Waals surface area contributed by atoms with Gasteiger partial charge in [0.15, 0.2) is 11.5 Å². The lowest BCUT2D eigenvalue weighted by Gasteiger charge is -2.14. The topological polar surface area (TPSA) is 55.4 Å². The first-order valence-electron chi connectivity index (χ1n) is 4.23. The molecule has 0 fully saturated rings. The minimum Gasteiger partial charge on any atom is -0.395 e. The van der Waals surface area contributed by atoms with Gasteiger partial charge in [-0.05, 0) is 7.05 Å². The molecule has 1 N–H and O–H groups in total. The van der Waals surface area contributed by atoms with Crippen molar-refractivity contribution in [2.45, 2.75) is 32.7 Å². The average molecular weight is 185 g/mol. The summed E-state index contributed by atoms with van der Waals surface area (Å²) in [6.07, 6.45) is 0. The largest absolute Gasteiger partial charge is 0.519 e. The predicted octanol–water partition coefficient (Wildman–Crippen LogP) is 1.25. The van der Waals surface area contributed by atoms with Crippen molar-refractivity contribution < 1.29 is 8.83 Å². The number of hydrogen-bond acceptors (Lipinski definition) is 4. The van der Waals surface area contributed by atoms with Gasteiger partial charge in [0.25, 0.3) is 0 Å². The van der Waals surface area contributed by atoms with Gasteiger partial charge >= 0.3 is 5.82 Å². The standard InChI is InChI=1S/C9H15NO3/c1-9(2,3)7-6(5-10-4)12-8(11)13-7/h10H,5H2,1-4H3. The van der Waals surface area contributed by atoms with Crippen LogP contribution in [-0.2, 0) is 12.0 Å². The Bertz CT molecular complexity index is 329. The van der Waals surface area contributed by atoms with E-state index in [1.807, 2.05) is 20.8 Å². The Morgan fingerprint density at radius 2 is 1.92 bits per heavy atom. The molecule has 0 aliphatic heterocycles. The monoisotopic (exact) mass is 185 g/mol. The third kappa shape index (κ3) is 2.21. The fourth-order valence-corrected chi connectivity index (χ4v) is 1.16. The second-order valence-corrected chi connectivity index (χ2v) is 3.99. The van der Waals surface area contributed by atoms with Crippen LogP contribution in [0, 0.1) is 0 Å². The van der Waals surface area contributed by atoms with Crippen molar-refractivity contribution >= 4 is 0 Å². The molecule has 0 saturated heterocycles. The summed E-state index contributed by atoms with van der Waals surface area (Å²) in [6, 6.07) is 0. The van der Waals surface area contributed by atoms with Gasteiger partial charge in [-0.15, -0.1) is 0 Å². The van der Waals surface area contributed by atoms with Gasteiger partial charge in [0.1, 0.15) is 0 Å². The zero-order valence-corrected chi connectivity index (χ0v) is 8.43. The summed E-state index contributed by atoms with van der Waals surface area (Å²) >= 11 is 0. The van der Waals surface area contributed by atoms with Gasteiger partial charge in [-0.2, -0.15) is 0 Å². The summed E-state index contributed by atoms with van der Waals surface area (Å²) in [5.74, 6) is 0.571. The van der Waals surface area contributed by atoms with E-state index in [9.17, 15) is 4.79 Å². The molecule has 1 aromatic heterocycles. The second kappa shape index (κ2) is 3.38. The Balaban J connectivity index is 3.12. The summed E-state index contributed by atoms with van der Waals surface area (Å²) < 4.78 is 9.87. The molecule has 0 atom stereocenters. The lowest BCUT2D eigenvalue weighted by Crippen LogP contribution is -2.15. The molecule has 0 radical (unpaired) electrons. The van der Waals surface area contributed by atoms with E-state index in [1.54, 1.807) is 7.05 Å². The minimum atomic E-state index is -0.629. The van der Waals surface area contributed by atoms with Gasteiger partial charge in [0.2, 0.25) is 0 Å². The van der Waals surface area contributed by atoms with Crippen LogP contribution in [-0.4, -0.2) is 7.05 Å². The van der Waals surface area contributed by atoms with Gasteiger partial charge in [-0.1, -0.05) is 20.8 Å². The summed E-state index contributed by atoms with van der Waals surface area (Å²) in [5.41, 5.74) is -0.196. The summed E-state index contributed by atoms with van der Waals surface area (Å²) in [5, 5.41) is 2.92. The maximum atomic E-state index is 10.9. The van der Waals surface area contributed by atoms with Crippen molar-refractivity contribution in [2.24, 2.45) is 0 Å². The first kappa shape index (κ1) is 10.1. The maximum absolute atomic E-state index is 10.9. The molecule has 0 aliphatic carbocycles. The highest BCUT2D eigenvalue weighted by Gasteiger charge is 2.24. The molecule has 0 spiro atoms. The molecule has 0 amide bonds. The third-order valence-corrected chi connectivity index (χ3v) is 1.66. The van der Waals surface area contributed by atoms with Crippen LogP contribution in [0.15, 0.2) is 13.6 Å². The molecule has 0 unspecified atom stereocenters. The van der Waals surface area contributed by atoms with E-state index in [4.69, 9.17) is 8.83 Å². The molecule has 0 bridgehead atoms. The molecular weight excluding hydrogens is 170 g/mol. The Kier molecular flexibility index (Phi) is 2.61. The van der Waals surface area contributed by atoms with Crippen molar-refractivity contribution in [2.75, 3.05) is 7.05 Å². The number of nitrogens with one attached hydrogen (secondary N) is 1. The third-order valence-electron chi connectivity index (χ3n) is 1.66. The molecule has 4 nitrogen and oxygen atoms in total. The number of hydrogen-bond donors (Lipinski definition) is 1. The summed E-state index contributed by atoms with van der Waals surface area (Å²) in [6.45, 7) is 6.43. The van der Waals surface area contributed by atoms with Gasteiger partial charge < -0.3 is 14.2 Å². The highest BCUT2D eigenvalue weighted by atomic mass is 16.6. The number of rotatable bonds is 2. The van der Waals surface area contributed by atoms with Crippen LogP contribution in [0.1, 0.15) is 32.3 Å². The maximum Gasteiger partial charge on any atom is 0.519 e. The lowest BCUT2D eigenvalue weighted by molar-refractivity contribution is 0.343. The Morgan fingerprint density at radius 3 is 2.38 bits per heavy atom. The molecule has 1 rings (SSSR count). The van der Waals surface area contributed by atoms with E-state index in [2.05, 4.69) is 5.32 Å². The highest BCUT2D eigenvalue weighted by Crippen LogP contribution is 2.24. The lowest BCUT2D eigenvalue weighted by atomic mass is 9.92. The summed E-state index contributed by atoms with van der Waals surface area (Å²) in [4.78, 5) is 10.9. The highest BCUT2D eigenvalue weighted by molar-refractivity contribution is 5.13. The smallest absolute Gasteiger partial charge is 0.395 e. The molecule has 0 aromatic carbocycles. The zero-order chi connectivity index (χ0) is 10.1. The van der Waals surface area contributed by atoms with E-state index >= 15 is 0 Å². The van der Waals surface area contributed by atoms with Gasteiger partial charge in [-0.25, -0.2) is 4.79 Å². The molecule has 74 valence electrons. The molecule has 0 saturated carbocycles. The average Bonchev–Trinajstić information content (AvgIpc) is 2.30. The molecule has 1 heterocycles. The van der Waals surface area contributed by atoms with Crippen molar-refractivity contribution in [3.63, 3.8) is 0 Å². The molecule has 4 heteroatoms. The van der Waals surface area contributed by atoms with Crippen LogP contribution in [0.4, 0.5) is 0 Å². The van der Waals surface area contributed by atoms with Crippen molar-refractivity contribution in [1.29, 1.82) is 0 Å². The van der Waals surface area contributed by atoms with Gasteiger partial charge in [0.05, 0.1) is 6.54 Å².